The van der Waals surface area contributed by atoms with Crippen LogP contribution in [0.5, 0.6) is 0 Å². The fourth-order valence-electron chi connectivity index (χ4n) is 0.876. The standard InChI is InChI=1S/C8H15NO2.H2/c1-5(2)8(11)6(3)9-7(4)10;/h5-6H,1-4H3,(H,9,10);1H/t6-;/m0./s1. The molecule has 0 aliphatic rings. The van der Waals surface area contributed by atoms with Crippen molar-refractivity contribution in [2.75, 3.05) is 0 Å². The van der Waals surface area contributed by atoms with Gasteiger partial charge in [-0.15, -0.1) is 0 Å². The van der Waals surface area contributed by atoms with Crippen LogP contribution in [-0.2, 0) is 9.59 Å². The summed E-state index contributed by atoms with van der Waals surface area (Å²) in [6.45, 7) is 6.75. The maximum Gasteiger partial charge on any atom is 0.217 e. The monoisotopic (exact) mass is 159 g/mol. The van der Waals surface area contributed by atoms with Crippen molar-refractivity contribution in [1.82, 2.24) is 5.32 Å². The fourth-order valence-corrected chi connectivity index (χ4v) is 0.876. The Bertz CT molecular complexity index is 168. The summed E-state index contributed by atoms with van der Waals surface area (Å²) in [5, 5.41) is 2.54. The van der Waals surface area contributed by atoms with Gasteiger partial charge in [-0.05, 0) is 6.92 Å². The van der Waals surface area contributed by atoms with E-state index in [1.54, 1.807) is 6.92 Å². The second-order valence-corrected chi connectivity index (χ2v) is 2.98. The molecule has 3 nitrogen and oxygen atoms in total. The van der Waals surface area contributed by atoms with Crippen LogP contribution >= 0.6 is 0 Å². The molecule has 0 bridgehead atoms. The molecule has 1 atom stereocenters. The van der Waals surface area contributed by atoms with Crippen molar-refractivity contribution < 1.29 is 11.0 Å². The summed E-state index contributed by atoms with van der Waals surface area (Å²) in [7, 11) is 0. The predicted molar refractivity (Wildman–Crippen MR) is 45.2 cm³/mol. The molecule has 0 rings (SSSR count). The van der Waals surface area contributed by atoms with E-state index < -0.39 is 0 Å². The Balaban J connectivity index is 0. The van der Waals surface area contributed by atoms with E-state index in [0.29, 0.717) is 0 Å². The van der Waals surface area contributed by atoms with E-state index in [1.807, 2.05) is 13.8 Å². The third-order valence-corrected chi connectivity index (χ3v) is 1.42. The maximum atomic E-state index is 11.2. The minimum Gasteiger partial charge on any atom is -0.347 e. The van der Waals surface area contributed by atoms with Crippen LogP contribution < -0.4 is 5.32 Å². The van der Waals surface area contributed by atoms with Crippen molar-refractivity contribution in [1.29, 1.82) is 0 Å². The highest BCUT2D eigenvalue weighted by Gasteiger charge is 2.16. The maximum absolute atomic E-state index is 11.2. The van der Waals surface area contributed by atoms with Crippen LogP contribution in [0.4, 0.5) is 0 Å². The van der Waals surface area contributed by atoms with Crippen LogP contribution in [0, 0.1) is 5.92 Å². The summed E-state index contributed by atoms with van der Waals surface area (Å²) in [5.74, 6) is -0.108. The second kappa shape index (κ2) is 4.11. The van der Waals surface area contributed by atoms with Gasteiger partial charge in [0.1, 0.15) is 0 Å². The lowest BCUT2D eigenvalue weighted by atomic mass is 10.0. The molecular weight excluding hydrogens is 142 g/mol. The number of amides is 1. The van der Waals surface area contributed by atoms with Crippen molar-refractivity contribution in [3.05, 3.63) is 0 Å². The lowest BCUT2D eigenvalue weighted by Crippen LogP contribution is -2.39. The number of carbonyl (C=O) groups is 2. The van der Waals surface area contributed by atoms with Gasteiger partial charge in [-0.2, -0.15) is 0 Å². The summed E-state index contributed by atoms with van der Waals surface area (Å²) in [6.07, 6.45) is 0. The summed E-state index contributed by atoms with van der Waals surface area (Å²) < 4.78 is 0. The molecule has 0 unspecified atom stereocenters. The predicted octanol–water partition coefficient (Wildman–Crippen LogP) is 0.982. The highest BCUT2D eigenvalue weighted by Crippen LogP contribution is 1.98. The van der Waals surface area contributed by atoms with Gasteiger partial charge >= 0.3 is 0 Å². The zero-order chi connectivity index (χ0) is 9.02. The Morgan fingerprint density at radius 2 is 1.73 bits per heavy atom. The van der Waals surface area contributed by atoms with Crippen LogP contribution in [0.2, 0.25) is 0 Å². The Morgan fingerprint density at radius 3 is 2.00 bits per heavy atom. The Labute approximate surface area is 68.7 Å². The van der Waals surface area contributed by atoms with E-state index in [-0.39, 0.29) is 25.1 Å². The van der Waals surface area contributed by atoms with Crippen molar-refractivity contribution >= 4 is 11.7 Å². The Kier molecular flexibility index (Phi) is 3.79. The molecule has 0 saturated heterocycles. The van der Waals surface area contributed by atoms with Gasteiger partial charge in [-0.3, -0.25) is 9.59 Å². The van der Waals surface area contributed by atoms with Crippen LogP contribution in [-0.4, -0.2) is 17.7 Å². The van der Waals surface area contributed by atoms with Crippen molar-refractivity contribution in [3.63, 3.8) is 0 Å². The number of ketones is 1. The molecule has 0 aliphatic heterocycles. The number of Topliss-reactive ketones (excluding diaryl/α,β-unsaturated/α-hetero) is 1. The first-order chi connectivity index (χ1) is 4.95. The molecule has 0 aromatic rings. The minimum atomic E-state index is -0.354. The van der Waals surface area contributed by atoms with Crippen molar-refractivity contribution in [2.45, 2.75) is 33.7 Å². The molecule has 3 heteroatoms. The van der Waals surface area contributed by atoms with E-state index in [9.17, 15) is 9.59 Å². The number of hydrogen-bond acceptors (Lipinski definition) is 2. The molecule has 0 saturated carbocycles. The normalized spacial score (nSPS) is 12.8. The molecule has 66 valence electrons. The molecular formula is C8H17NO2. The molecule has 1 N–H and O–H groups in total. The van der Waals surface area contributed by atoms with E-state index in [2.05, 4.69) is 5.32 Å². The lowest BCUT2D eigenvalue weighted by Gasteiger charge is -2.12. The van der Waals surface area contributed by atoms with E-state index in [0.717, 1.165) is 0 Å². The third kappa shape index (κ3) is 3.75. The van der Waals surface area contributed by atoms with Crippen LogP contribution in [0.15, 0.2) is 0 Å². The average molecular weight is 159 g/mol. The van der Waals surface area contributed by atoms with Gasteiger partial charge < -0.3 is 5.32 Å². The highest BCUT2D eigenvalue weighted by atomic mass is 16.2. The van der Waals surface area contributed by atoms with Gasteiger partial charge in [0.05, 0.1) is 6.04 Å². The molecule has 0 fully saturated rings. The zero-order valence-corrected chi connectivity index (χ0v) is 7.47. The molecule has 0 heterocycles. The third-order valence-electron chi connectivity index (χ3n) is 1.42. The largest absolute Gasteiger partial charge is 0.347 e. The number of rotatable bonds is 3. The molecule has 0 aromatic carbocycles. The molecule has 0 aliphatic carbocycles. The van der Waals surface area contributed by atoms with E-state index in [4.69, 9.17) is 0 Å². The molecule has 11 heavy (non-hydrogen) atoms. The van der Waals surface area contributed by atoms with E-state index in [1.165, 1.54) is 6.92 Å². The Morgan fingerprint density at radius 1 is 1.27 bits per heavy atom. The van der Waals surface area contributed by atoms with Crippen molar-refractivity contribution in [2.24, 2.45) is 5.92 Å². The summed E-state index contributed by atoms with van der Waals surface area (Å²) in [6, 6.07) is -0.354. The van der Waals surface area contributed by atoms with Gasteiger partial charge in [-0.1, -0.05) is 13.8 Å². The second-order valence-electron chi connectivity index (χ2n) is 2.98. The van der Waals surface area contributed by atoms with Crippen molar-refractivity contribution in [3.8, 4) is 0 Å². The summed E-state index contributed by atoms with van der Waals surface area (Å²) in [5.41, 5.74) is 0. The van der Waals surface area contributed by atoms with Gasteiger partial charge in [0.2, 0.25) is 5.91 Å². The molecule has 0 radical (unpaired) electrons. The number of hydrogen-bond donors (Lipinski definition) is 1. The first kappa shape index (κ1) is 10.1. The van der Waals surface area contributed by atoms with Gasteiger partial charge in [-0.25, -0.2) is 0 Å². The van der Waals surface area contributed by atoms with Gasteiger partial charge in [0, 0.05) is 14.3 Å². The van der Waals surface area contributed by atoms with Crippen LogP contribution in [0.1, 0.15) is 29.1 Å². The van der Waals surface area contributed by atoms with Crippen LogP contribution in [0.3, 0.4) is 0 Å². The smallest absolute Gasteiger partial charge is 0.217 e. The molecule has 0 spiro atoms. The number of nitrogens with one attached hydrogen (secondary N) is 1. The minimum absolute atomic E-state index is 0. The topological polar surface area (TPSA) is 46.2 Å². The van der Waals surface area contributed by atoms with Gasteiger partial charge in [0.15, 0.2) is 5.78 Å². The molecule has 0 aromatic heterocycles. The van der Waals surface area contributed by atoms with Crippen LogP contribution in [0.25, 0.3) is 0 Å². The zero-order valence-electron chi connectivity index (χ0n) is 7.47. The number of carbonyl (C=O) groups excluding carboxylic acids is 2. The highest BCUT2D eigenvalue weighted by molar-refractivity contribution is 5.89. The Hall–Kier alpha value is -0.860. The average Bonchev–Trinajstić information content (AvgIpc) is 1.84. The quantitative estimate of drug-likeness (QED) is 0.667. The molecule has 1 amide bonds. The summed E-state index contributed by atoms with van der Waals surface area (Å²) in [4.78, 5) is 21.7. The first-order valence-electron chi connectivity index (χ1n) is 3.76. The van der Waals surface area contributed by atoms with Gasteiger partial charge in [0.25, 0.3) is 0 Å². The summed E-state index contributed by atoms with van der Waals surface area (Å²) >= 11 is 0. The lowest BCUT2D eigenvalue weighted by molar-refractivity contribution is -0.128. The SMILES string of the molecule is CC(=O)N[C@@H](C)C(=O)C(C)C.[HH]. The van der Waals surface area contributed by atoms with E-state index >= 15 is 0 Å². The first-order valence-corrected chi connectivity index (χ1v) is 3.76. The fraction of sp³-hybridized carbons (Fsp3) is 0.750.